The lowest BCUT2D eigenvalue weighted by atomic mass is 10.2. The first-order valence-electron chi connectivity index (χ1n) is 7.27. The summed E-state index contributed by atoms with van der Waals surface area (Å²) in [6, 6.07) is 8.49. The lowest BCUT2D eigenvalue weighted by Gasteiger charge is -2.10. The Bertz CT molecular complexity index is 1060. The van der Waals surface area contributed by atoms with E-state index in [-0.39, 0.29) is 0 Å². The van der Waals surface area contributed by atoms with E-state index in [9.17, 15) is 4.39 Å². The third-order valence-corrected chi connectivity index (χ3v) is 4.70. The maximum absolute atomic E-state index is 14.2. The zero-order valence-corrected chi connectivity index (χ0v) is 13.8. The van der Waals surface area contributed by atoms with Gasteiger partial charge in [0.15, 0.2) is 0 Å². The van der Waals surface area contributed by atoms with Gasteiger partial charge in [-0.05, 0) is 31.2 Å². The summed E-state index contributed by atoms with van der Waals surface area (Å²) in [5, 5.41) is 4.87. The van der Waals surface area contributed by atoms with Gasteiger partial charge in [0.05, 0.1) is 38.9 Å². The second-order valence-electron chi connectivity index (χ2n) is 5.23. The van der Waals surface area contributed by atoms with Gasteiger partial charge < -0.3 is 10.1 Å². The highest BCUT2D eigenvalue weighted by atomic mass is 32.1. The molecule has 0 saturated heterocycles. The Morgan fingerprint density at radius 1 is 1.12 bits per heavy atom. The summed E-state index contributed by atoms with van der Waals surface area (Å²) in [7, 11) is 1.50. The summed E-state index contributed by atoms with van der Waals surface area (Å²) in [5.74, 6) is 0.609. The standard InChI is InChI=1S/C17H13FN4OS/c1-9-21-14-6-5-13-15(16(14)24-9)17(20-8-19-13)22-12-4-3-10(23-2)7-11(12)18/h3-8H,1-2H3,(H,19,20,22). The Balaban J connectivity index is 1.89. The molecule has 0 aliphatic rings. The summed E-state index contributed by atoms with van der Waals surface area (Å²) < 4.78 is 20.3. The molecule has 0 unspecified atom stereocenters. The smallest absolute Gasteiger partial charge is 0.150 e. The highest BCUT2D eigenvalue weighted by Gasteiger charge is 2.13. The first kappa shape index (κ1) is 14.8. The normalized spacial score (nSPS) is 11.1. The first-order chi connectivity index (χ1) is 11.7. The predicted molar refractivity (Wildman–Crippen MR) is 93.7 cm³/mol. The molecule has 1 N–H and O–H groups in total. The number of fused-ring (bicyclic) bond motifs is 3. The molecule has 2 heterocycles. The molecule has 24 heavy (non-hydrogen) atoms. The van der Waals surface area contributed by atoms with Gasteiger partial charge in [-0.25, -0.2) is 19.3 Å². The maximum Gasteiger partial charge on any atom is 0.150 e. The Morgan fingerprint density at radius 2 is 1.96 bits per heavy atom. The quantitative estimate of drug-likeness (QED) is 0.597. The second kappa shape index (κ2) is 5.68. The van der Waals surface area contributed by atoms with Crippen LogP contribution in [-0.4, -0.2) is 22.1 Å². The molecule has 5 nitrogen and oxygen atoms in total. The molecule has 4 rings (SSSR count). The number of aromatic nitrogens is 3. The molecule has 2 aromatic carbocycles. The summed E-state index contributed by atoms with van der Waals surface area (Å²) >= 11 is 1.57. The summed E-state index contributed by atoms with van der Waals surface area (Å²) in [6.07, 6.45) is 1.46. The molecule has 0 atom stereocenters. The van der Waals surface area contributed by atoms with E-state index < -0.39 is 5.82 Å². The number of thiazole rings is 1. The van der Waals surface area contributed by atoms with Gasteiger partial charge in [-0.1, -0.05) is 0 Å². The number of rotatable bonds is 3. The molecule has 0 bridgehead atoms. The van der Waals surface area contributed by atoms with E-state index in [2.05, 4.69) is 20.3 Å². The minimum atomic E-state index is -0.409. The fourth-order valence-electron chi connectivity index (χ4n) is 2.59. The van der Waals surface area contributed by atoms with E-state index in [0.29, 0.717) is 17.3 Å². The molecular weight excluding hydrogens is 327 g/mol. The lowest BCUT2D eigenvalue weighted by molar-refractivity contribution is 0.411. The largest absolute Gasteiger partial charge is 0.497 e. The molecule has 0 saturated carbocycles. The topological polar surface area (TPSA) is 59.9 Å². The second-order valence-corrected chi connectivity index (χ2v) is 6.44. The average molecular weight is 340 g/mol. The zero-order valence-electron chi connectivity index (χ0n) is 13.0. The average Bonchev–Trinajstić information content (AvgIpc) is 2.97. The van der Waals surface area contributed by atoms with Gasteiger partial charge in [0.1, 0.15) is 23.7 Å². The van der Waals surface area contributed by atoms with Crippen molar-refractivity contribution in [2.45, 2.75) is 6.92 Å². The van der Waals surface area contributed by atoms with Crippen LogP contribution in [0.3, 0.4) is 0 Å². The Hall–Kier alpha value is -2.80. The van der Waals surface area contributed by atoms with Crippen molar-refractivity contribution in [3.8, 4) is 5.75 Å². The number of aryl methyl sites for hydroxylation is 1. The number of ether oxygens (including phenoxy) is 1. The monoisotopic (exact) mass is 340 g/mol. The van der Waals surface area contributed by atoms with Gasteiger partial charge in [0.25, 0.3) is 0 Å². The van der Waals surface area contributed by atoms with Crippen molar-refractivity contribution in [3.05, 3.63) is 47.5 Å². The Labute approximate surface area is 141 Å². The summed E-state index contributed by atoms with van der Waals surface area (Å²) in [5.41, 5.74) is 2.00. The van der Waals surface area contributed by atoms with Crippen LogP contribution in [0.15, 0.2) is 36.7 Å². The molecule has 0 spiro atoms. The lowest BCUT2D eigenvalue weighted by Crippen LogP contribution is -1.98. The van der Waals surface area contributed by atoms with Crippen molar-refractivity contribution in [3.63, 3.8) is 0 Å². The fourth-order valence-corrected chi connectivity index (χ4v) is 3.55. The first-order valence-corrected chi connectivity index (χ1v) is 8.09. The van der Waals surface area contributed by atoms with Crippen LogP contribution in [0.1, 0.15) is 5.01 Å². The van der Waals surface area contributed by atoms with E-state index in [4.69, 9.17) is 4.74 Å². The molecule has 0 radical (unpaired) electrons. The van der Waals surface area contributed by atoms with Crippen LogP contribution in [0.4, 0.5) is 15.9 Å². The molecule has 0 aliphatic carbocycles. The van der Waals surface area contributed by atoms with Crippen LogP contribution in [0, 0.1) is 12.7 Å². The van der Waals surface area contributed by atoms with Crippen LogP contribution in [0.5, 0.6) is 5.75 Å². The highest BCUT2D eigenvalue weighted by Crippen LogP contribution is 2.34. The van der Waals surface area contributed by atoms with E-state index in [1.807, 2.05) is 19.1 Å². The van der Waals surface area contributed by atoms with Crippen LogP contribution >= 0.6 is 11.3 Å². The van der Waals surface area contributed by atoms with E-state index >= 15 is 0 Å². The van der Waals surface area contributed by atoms with Crippen molar-refractivity contribution in [2.24, 2.45) is 0 Å². The van der Waals surface area contributed by atoms with Gasteiger partial charge in [-0.3, -0.25) is 0 Å². The number of hydrogen-bond acceptors (Lipinski definition) is 6. The van der Waals surface area contributed by atoms with Crippen molar-refractivity contribution in [2.75, 3.05) is 12.4 Å². The van der Waals surface area contributed by atoms with Crippen LogP contribution in [0.25, 0.3) is 21.1 Å². The third-order valence-electron chi connectivity index (χ3n) is 3.69. The summed E-state index contributed by atoms with van der Waals surface area (Å²) in [6.45, 7) is 1.95. The Morgan fingerprint density at radius 3 is 2.75 bits per heavy atom. The van der Waals surface area contributed by atoms with E-state index in [1.54, 1.807) is 23.5 Å². The molecule has 120 valence electrons. The number of anilines is 2. The molecule has 7 heteroatoms. The number of benzene rings is 2. The van der Waals surface area contributed by atoms with Crippen LogP contribution in [0.2, 0.25) is 0 Å². The molecular formula is C17H13FN4OS. The zero-order chi connectivity index (χ0) is 16.7. The van der Waals surface area contributed by atoms with E-state index in [0.717, 1.165) is 26.1 Å². The van der Waals surface area contributed by atoms with Crippen LogP contribution < -0.4 is 10.1 Å². The van der Waals surface area contributed by atoms with Gasteiger partial charge in [-0.15, -0.1) is 11.3 Å². The van der Waals surface area contributed by atoms with Gasteiger partial charge in [0.2, 0.25) is 0 Å². The number of hydrogen-bond donors (Lipinski definition) is 1. The molecule has 2 aromatic heterocycles. The number of halogens is 1. The minimum absolute atomic E-state index is 0.328. The number of nitrogens with zero attached hydrogens (tertiary/aromatic N) is 3. The fraction of sp³-hybridized carbons (Fsp3) is 0.118. The number of methoxy groups -OCH3 is 1. The molecule has 0 aliphatic heterocycles. The van der Waals surface area contributed by atoms with Crippen molar-refractivity contribution in [1.29, 1.82) is 0 Å². The minimum Gasteiger partial charge on any atom is -0.497 e. The molecule has 4 aromatic rings. The van der Waals surface area contributed by atoms with Gasteiger partial charge in [-0.2, -0.15) is 0 Å². The predicted octanol–water partition coefficient (Wildman–Crippen LogP) is 4.44. The highest BCUT2D eigenvalue weighted by molar-refractivity contribution is 7.19. The van der Waals surface area contributed by atoms with Gasteiger partial charge >= 0.3 is 0 Å². The number of nitrogens with one attached hydrogen (secondary N) is 1. The third kappa shape index (κ3) is 2.43. The van der Waals surface area contributed by atoms with Crippen molar-refractivity contribution < 1.29 is 9.13 Å². The summed E-state index contributed by atoms with van der Waals surface area (Å²) in [4.78, 5) is 13.1. The van der Waals surface area contributed by atoms with Gasteiger partial charge in [0, 0.05) is 6.07 Å². The Kier molecular flexibility index (Phi) is 3.50. The van der Waals surface area contributed by atoms with Crippen molar-refractivity contribution in [1.82, 2.24) is 15.0 Å². The van der Waals surface area contributed by atoms with Crippen LogP contribution in [-0.2, 0) is 0 Å². The maximum atomic E-state index is 14.2. The molecule has 0 amide bonds. The SMILES string of the molecule is COc1ccc(Nc2ncnc3ccc4nc(C)sc4c23)c(F)c1. The molecule has 0 fully saturated rings. The van der Waals surface area contributed by atoms with Crippen molar-refractivity contribution >= 4 is 44.0 Å². The van der Waals surface area contributed by atoms with E-state index in [1.165, 1.54) is 19.5 Å².